The topological polar surface area (TPSA) is 97.3 Å². The number of nitrogens with zero attached hydrogens (tertiary/aromatic N) is 2. The number of carboxylic acids is 1. The zero-order chi connectivity index (χ0) is 25.4. The first-order chi connectivity index (χ1) is 17.3. The third-order valence-corrected chi connectivity index (χ3v) is 6.22. The van der Waals surface area contributed by atoms with Crippen LogP contribution in [0.2, 0.25) is 0 Å². The molecule has 4 aromatic rings. The molecule has 0 unspecified atom stereocenters. The number of benzene rings is 2. The summed E-state index contributed by atoms with van der Waals surface area (Å²) in [5.41, 5.74) is 4.35. The largest absolute Gasteiger partial charge is 0.481 e. The minimum atomic E-state index is -3.16. The van der Waals surface area contributed by atoms with E-state index in [0.717, 1.165) is 41.3 Å². The predicted molar refractivity (Wildman–Crippen MR) is 125 cm³/mol. The van der Waals surface area contributed by atoms with Crippen LogP contribution in [0.1, 0.15) is 41.1 Å². The molecule has 2 aromatic heterocycles. The number of hydrogen-bond acceptors (Lipinski definition) is 5. The Morgan fingerprint density at radius 3 is 2.61 bits per heavy atom. The zero-order valence-corrected chi connectivity index (χ0v) is 19.2. The molecule has 0 atom stereocenters. The molecule has 1 fully saturated rings. The molecule has 186 valence electrons. The third kappa shape index (κ3) is 4.71. The maximum absolute atomic E-state index is 14.6. The van der Waals surface area contributed by atoms with Gasteiger partial charge in [0.2, 0.25) is 5.88 Å². The van der Waals surface area contributed by atoms with E-state index >= 15 is 0 Å². The van der Waals surface area contributed by atoms with Gasteiger partial charge < -0.3 is 14.6 Å². The van der Waals surface area contributed by atoms with Gasteiger partial charge in [0.15, 0.2) is 6.61 Å². The number of carbonyl (C=O) groups is 1. The number of halogens is 3. The highest BCUT2D eigenvalue weighted by Crippen LogP contribution is 2.43. The Hall–Kier alpha value is -4.08. The van der Waals surface area contributed by atoms with E-state index in [2.05, 4.69) is 19.9 Å². The molecule has 5 rings (SSSR count). The highest BCUT2D eigenvalue weighted by Gasteiger charge is 2.29. The minimum Gasteiger partial charge on any atom is -0.481 e. The van der Waals surface area contributed by atoms with Crippen molar-refractivity contribution in [1.29, 1.82) is 0 Å². The Balaban J connectivity index is 1.54. The summed E-state index contributed by atoms with van der Waals surface area (Å²) < 4.78 is 51.1. The van der Waals surface area contributed by atoms with Crippen LogP contribution in [0.4, 0.5) is 13.2 Å². The zero-order valence-electron chi connectivity index (χ0n) is 19.2. The van der Waals surface area contributed by atoms with Gasteiger partial charge in [-0.2, -0.15) is 13.9 Å². The number of ether oxygens (including phenoxy) is 2. The van der Waals surface area contributed by atoms with Crippen LogP contribution < -0.4 is 9.47 Å². The molecule has 10 heteroatoms. The predicted octanol–water partition coefficient (Wildman–Crippen LogP) is 5.61. The average molecular weight is 497 g/mol. The molecule has 0 amide bonds. The fourth-order valence-electron chi connectivity index (χ4n) is 4.36. The first kappa shape index (κ1) is 23.7. The second kappa shape index (κ2) is 9.52. The Bertz CT molecular complexity index is 1430. The van der Waals surface area contributed by atoms with Gasteiger partial charge in [0.05, 0.1) is 5.69 Å². The second-order valence-electron chi connectivity index (χ2n) is 8.68. The van der Waals surface area contributed by atoms with Crippen molar-refractivity contribution in [2.24, 2.45) is 0 Å². The molecular formula is C26H22F3N3O4. The number of hydrogen-bond donors (Lipinski definition) is 2. The van der Waals surface area contributed by atoms with Crippen LogP contribution in [-0.2, 0) is 11.2 Å². The van der Waals surface area contributed by atoms with Crippen molar-refractivity contribution in [1.82, 2.24) is 15.2 Å². The van der Waals surface area contributed by atoms with Gasteiger partial charge in [0, 0.05) is 35.0 Å². The number of fused-ring (bicyclic) bond motifs is 1. The standard InChI is InChI=1S/C26H22F3N3O4/c1-13-17(10-14-2-4-15(5-3-14)18-11-30-32-23(18)16-6-7-16)25(36-26(28)29)31-24-19(27)8-9-20(22(13)24)35-12-21(33)34/h2-5,8-9,11,16,26H,6-7,10,12H2,1H3,(H,30,32)(H,33,34). The Morgan fingerprint density at radius 1 is 1.19 bits per heavy atom. The summed E-state index contributed by atoms with van der Waals surface area (Å²) >= 11 is 0. The summed E-state index contributed by atoms with van der Waals surface area (Å²) in [6.07, 6.45) is 4.28. The average Bonchev–Trinajstić information content (AvgIpc) is 3.57. The Kier molecular flexibility index (Phi) is 6.26. The molecule has 1 saturated carbocycles. The summed E-state index contributed by atoms with van der Waals surface area (Å²) in [4.78, 5) is 15.0. The van der Waals surface area contributed by atoms with Gasteiger partial charge in [-0.05, 0) is 48.6 Å². The van der Waals surface area contributed by atoms with Crippen LogP contribution in [0.3, 0.4) is 0 Å². The Labute approximate surface area is 203 Å². The highest BCUT2D eigenvalue weighted by molar-refractivity contribution is 5.91. The number of aryl methyl sites for hydroxylation is 1. The third-order valence-electron chi connectivity index (χ3n) is 6.22. The Morgan fingerprint density at radius 2 is 1.94 bits per heavy atom. The number of carboxylic acid groups (broad SMARTS) is 1. The van der Waals surface area contributed by atoms with Gasteiger partial charge in [0.1, 0.15) is 17.1 Å². The molecule has 0 saturated heterocycles. The van der Waals surface area contributed by atoms with E-state index in [1.54, 1.807) is 6.92 Å². The number of aromatic nitrogens is 3. The molecule has 0 spiro atoms. The van der Waals surface area contributed by atoms with Gasteiger partial charge in [-0.3, -0.25) is 5.10 Å². The van der Waals surface area contributed by atoms with E-state index in [1.807, 2.05) is 30.5 Å². The quantitative estimate of drug-likeness (QED) is 0.312. The number of aromatic amines is 1. The summed E-state index contributed by atoms with van der Waals surface area (Å²) in [6, 6.07) is 9.96. The van der Waals surface area contributed by atoms with Crippen molar-refractivity contribution >= 4 is 16.9 Å². The van der Waals surface area contributed by atoms with Crippen molar-refractivity contribution in [2.45, 2.75) is 38.7 Å². The highest BCUT2D eigenvalue weighted by atomic mass is 19.3. The van der Waals surface area contributed by atoms with Crippen LogP contribution in [0.15, 0.2) is 42.6 Å². The van der Waals surface area contributed by atoms with Gasteiger partial charge in [0.25, 0.3) is 0 Å². The lowest BCUT2D eigenvalue weighted by Crippen LogP contribution is -2.12. The molecule has 7 nitrogen and oxygen atoms in total. The monoisotopic (exact) mass is 497 g/mol. The number of alkyl halides is 2. The van der Waals surface area contributed by atoms with E-state index in [1.165, 1.54) is 6.07 Å². The van der Waals surface area contributed by atoms with Gasteiger partial charge in [-0.1, -0.05) is 24.3 Å². The van der Waals surface area contributed by atoms with E-state index in [-0.39, 0.29) is 29.0 Å². The lowest BCUT2D eigenvalue weighted by Gasteiger charge is -2.17. The molecule has 2 heterocycles. The van der Waals surface area contributed by atoms with Crippen LogP contribution >= 0.6 is 0 Å². The molecule has 1 aliphatic carbocycles. The van der Waals surface area contributed by atoms with E-state index in [4.69, 9.17) is 9.84 Å². The molecule has 0 bridgehead atoms. The van der Waals surface area contributed by atoms with E-state index in [0.29, 0.717) is 17.0 Å². The molecular weight excluding hydrogens is 475 g/mol. The molecule has 2 aromatic carbocycles. The van der Waals surface area contributed by atoms with Crippen molar-refractivity contribution < 1.29 is 32.5 Å². The maximum atomic E-state index is 14.6. The molecule has 2 N–H and O–H groups in total. The lowest BCUT2D eigenvalue weighted by molar-refractivity contribution is -0.139. The summed E-state index contributed by atoms with van der Waals surface area (Å²) in [5, 5.41) is 16.5. The van der Waals surface area contributed by atoms with Gasteiger partial charge >= 0.3 is 12.6 Å². The van der Waals surface area contributed by atoms with Crippen molar-refractivity contribution in [3.8, 4) is 22.8 Å². The van der Waals surface area contributed by atoms with Gasteiger partial charge in [-0.15, -0.1) is 0 Å². The van der Waals surface area contributed by atoms with Crippen LogP contribution in [0.25, 0.3) is 22.0 Å². The lowest BCUT2D eigenvalue weighted by atomic mass is 9.96. The summed E-state index contributed by atoms with van der Waals surface area (Å²) in [5.74, 6) is -1.80. The van der Waals surface area contributed by atoms with Crippen LogP contribution in [0.5, 0.6) is 11.6 Å². The molecule has 0 radical (unpaired) electrons. The fraction of sp³-hybridized carbons (Fsp3) is 0.269. The number of rotatable bonds is 9. The fourth-order valence-corrected chi connectivity index (χ4v) is 4.36. The number of nitrogens with one attached hydrogen (secondary N) is 1. The SMILES string of the molecule is Cc1c(Cc2ccc(-c3c[nH]nc3C3CC3)cc2)c(OC(F)F)nc2c(F)ccc(OCC(=O)O)c12. The summed E-state index contributed by atoms with van der Waals surface area (Å²) in [7, 11) is 0. The van der Waals surface area contributed by atoms with Crippen molar-refractivity contribution in [3.05, 3.63) is 70.8 Å². The normalized spacial score (nSPS) is 13.4. The van der Waals surface area contributed by atoms with Crippen LogP contribution in [-0.4, -0.2) is 39.5 Å². The number of pyridine rings is 1. The van der Waals surface area contributed by atoms with E-state index in [9.17, 15) is 18.0 Å². The molecule has 36 heavy (non-hydrogen) atoms. The second-order valence-corrected chi connectivity index (χ2v) is 8.68. The first-order valence-corrected chi connectivity index (χ1v) is 11.4. The summed E-state index contributed by atoms with van der Waals surface area (Å²) in [6.45, 7) is -2.19. The smallest absolute Gasteiger partial charge is 0.388 e. The number of aliphatic carboxylic acids is 1. The minimum absolute atomic E-state index is 0.0894. The molecule has 1 aliphatic rings. The maximum Gasteiger partial charge on any atom is 0.388 e. The number of H-pyrrole nitrogens is 1. The van der Waals surface area contributed by atoms with Crippen LogP contribution in [0, 0.1) is 12.7 Å². The first-order valence-electron chi connectivity index (χ1n) is 11.4. The van der Waals surface area contributed by atoms with Crippen molar-refractivity contribution in [2.75, 3.05) is 6.61 Å². The molecule has 0 aliphatic heterocycles. The van der Waals surface area contributed by atoms with Crippen molar-refractivity contribution in [3.63, 3.8) is 0 Å². The van der Waals surface area contributed by atoms with Gasteiger partial charge in [-0.25, -0.2) is 14.2 Å². The van der Waals surface area contributed by atoms with E-state index < -0.39 is 25.0 Å².